The monoisotopic (exact) mass is 252 g/mol. The number of hydrogen-bond donors (Lipinski definition) is 1. The van der Waals surface area contributed by atoms with Crippen LogP contribution in [0.25, 0.3) is 0 Å². The third-order valence-corrected chi connectivity index (χ3v) is 2.93. The molecule has 1 aliphatic rings. The largest absolute Gasteiger partial charge is 0.710 e. The number of rotatable bonds is 1. The van der Waals surface area contributed by atoms with Crippen LogP contribution in [0, 0.1) is 5.21 Å². The predicted octanol–water partition coefficient (Wildman–Crippen LogP) is -0.146. The first-order chi connectivity index (χ1) is 8.63. The second-order valence-corrected chi connectivity index (χ2v) is 4.06. The molecule has 2 heterocycles. The summed E-state index contributed by atoms with van der Waals surface area (Å²) in [5.74, 6) is 0.0818. The molecule has 0 aliphatic carbocycles. The highest BCUT2D eigenvalue weighted by atomic mass is 16.6. The van der Waals surface area contributed by atoms with Gasteiger partial charge in [-0.15, -0.1) is 0 Å². The molecule has 1 aromatic rings. The number of nitrogens with zero attached hydrogens (tertiary/aromatic N) is 3. The van der Waals surface area contributed by atoms with Crippen LogP contribution in [0.4, 0.5) is 10.6 Å². The van der Waals surface area contributed by atoms with Gasteiger partial charge in [0.25, 0.3) is 5.82 Å². The predicted molar refractivity (Wildman–Crippen MR) is 63.6 cm³/mol. The Bertz CT molecular complexity index is 464. The summed E-state index contributed by atoms with van der Waals surface area (Å²) < 4.78 is 5.64. The number of aromatic nitrogens is 2. The SMILES string of the molecule is CCOC(=O)N1CCc2ncc(N)[n+]([O-])c2CC1. The van der Waals surface area contributed by atoms with E-state index >= 15 is 0 Å². The van der Waals surface area contributed by atoms with Crippen molar-refractivity contribution in [1.82, 2.24) is 9.88 Å². The molecular formula is C11H16N4O3. The Hall–Kier alpha value is -2.05. The Kier molecular flexibility index (Phi) is 3.50. The molecule has 18 heavy (non-hydrogen) atoms. The Labute approximate surface area is 105 Å². The zero-order valence-corrected chi connectivity index (χ0v) is 10.3. The molecule has 0 spiro atoms. The number of ether oxygens (including phenoxy) is 1. The van der Waals surface area contributed by atoms with E-state index < -0.39 is 0 Å². The van der Waals surface area contributed by atoms with Gasteiger partial charge < -0.3 is 14.8 Å². The highest BCUT2D eigenvalue weighted by molar-refractivity contribution is 5.67. The fraction of sp³-hybridized carbons (Fsp3) is 0.545. The standard InChI is InChI=1S/C11H16N4O3/c1-2-18-11(16)14-5-3-8-9(4-6-14)15(17)10(12)7-13-8/h7H,2-6,12H2,1H3. The molecule has 7 nitrogen and oxygen atoms in total. The number of anilines is 1. The average molecular weight is 252 g/mol. The fourth-order valence-electron chi connectivity index (χ4n) is 1.99. The van der Waals surface area contributed by atoms with Crippen LogP contribution in [-0.2, 0) is 17.6 Å². The van der Waals surface area contributed by atoms with E-state index in [4.69, 9.17) is 10.5 Å². The topological polar surface area (TPSA) is 95.4 Å². The second-order valence-electron chi connectivity index (χ2n) is 4.06. The van der Waals surface area contributed by atoms with Crippen LogP contribution in [0.5, 0.6) is 0 Å². The van der Waals surface area contributed by atoms with Gasteiger partial charge in [-0.2, -0.15) is 0 Å². The van der Waals surface area contributed by atoms with Crippen LogP contribution in [-0.4, -0.2) is 35.7 Å². The third kappa shape index (κ3) is 2.29. The van der Waals surface area contributed by atoms with Crippen LogP contribution in [0.15, 0.2) is 6.20 Å². The number of nitrogens with two attached hydrogens (primary N) is 1. The minimum atomic E-state index is -0.351. The zero-order chi connectivity index (χ0) is 13.1. The molecule has 1 aromatic heterocycles. The number of carbonyl (C=O) groups excluding carboxylic acids is 1. The van der Waals surface area contributed by atoms with E-state index in [2.05, 4.69) is 4.98 Å². The lowest BCUT2D eigenvalue weighted by atomic mass is 10.2. The molecular weight excluding hydrogens is 236 g/mol. The van der Waals surface area contributed by atoms with E-state index in [-0.39, 0.29) is 11.9 Å². The summed E-state index contributed by atoms with van der Waals surface area (Å²) in [6.45, 7) is 3.05. The highest BCUT2D eigenvalue weighted by Gasteiger charge is 2.23. The Morgan fingerprint density at radius 2 is 2.33 bits per heavy atom. The second kappa shape index (κ2) is 5.07. The summed E-state index contributed by atoms with van der Waals surface area (Å²) in [4.78, 5) is 17.4. The van der Waals surface area contributed by atoms with Crippen LogP contribution in [0.2, 0.25) is 0 Å². The molecule has 7 heteroatoms. The lowest BCUT2D eigenvalue weighted by Crippen LogP contribution is -2.38. The zero-order valence-electron chi connectivity index (χ0n) is 10.3. The van der Waals surface area contributed by atoms with Crippen LogP contribution < -0.4 is 10.5 Å². The smallest absolute Gasteiger partial charge is 0.409 e. The first-order valence-electron chi connectivity index (χ1n) is 5.91. The minimum absolute atomic E-state index is 0.0818. The van der Waals surface area contributed by atoms with Crippen molar-refractivity contribution in [2.75, 3.05) is 25.4 Å². The van der Waals surface area contributed by atoms with E-state index in [1.807, 2.05) is 0 Å². The molecule has 1 aliphatic heterocycles. The van der Waals surface area contributed by atoms with E-state index in [0.29, 0.717) is 48.7 Å². The summed E-state index contributed by atoms with van der Waals surface area (Å²) in [6, 6.07) is 0. The van der Waals surface area contributed by atoms with Crippen LogP contribution in [0.3, 0.4) is 0 Å². The first-order valence-corrected chi connectivity index (χ1v) is 5.91. The number of amides is 1. The van der Waals surface area contributed by atoms with Crippen molar-refractivity contribution in [3.8, 4) is 0 Å². The van der Waals surface area contributed by atoms with E-state index in [0.717, 1.165) is 0 Å². The van der Waals surface area contributed by atoms with E-state index in [1.165, 1.54) is 6.20 Å². The van der Waals surface area contributed by atoms with Gasteiger partial charge in [-0.25, -0.2) is 14.5 Å². The molecule has 0 radical (unpaired) electrons. The van der Waals surface area contributed by atoms with Gasteiger partial charge in [0.05, 0.1) is 12.3 Å². The van der Waals surface area contributed by atoms with E-state index in [9.17, 15) is 10.0 Å². The molecule has 0 unspecified atom stereocenters. The van der Waals surface area contributed by atoms with Gasteiger partial charge in [-0.1, -0.05) is 0 Å². The quantitative estimate of drug-likeness (QED) is 0.554. The number of fused-ring (bicyclic) bond motifs is 1. The van der Waals surface area contributed by atoms with Crippen molar-refractivity contribution in [3.63, 3.8) is 0 Å². The summed E-state index contributed by atoms with van der Waals surface area (Å²) in [6.07, 6.45) is 1.98. The average Bonchev–Trinajstić information content (AvgIpc) is 2.57. The Morgan fingerprint density at radius 3 is 3.06 bits per heavy atom. The van der Waals surface area contributed by atoms with Crippen molar-refractivity contribution in [2.24, 2.45) is 0 Å². The van der Waals surface area contributed by atoms with Gasteiger partial charge in [0.2, 0.25) is 0 Å². The summed E-state index contributed by atoms with van der Waals surface area (Å²) in [5.41, 5.74) is 6.76. The van der Waals surface area contributed by atoms with Crippen molar-refractivity contribution >= 4 is 11.9 Å². The third-order valence-electron chi connectivity index (χ3n) is 2.93. The maximum atomic E-state index is 11.8. The molecule has 0 saturated heterocycles. The first kappa shape index (κ1) is 12.4. The van der Waals surface area contributed by atoms with Crippen LogP contribution in [0.1, 0.15) is 18.3 Å². The van der Waals surface area contributed by atoms with Crippen molar-refractivity contribution in [1.29, 1.82) is 0 Å². The Morgan fingerprint density at radius 1 is 1.61 bits per heavy atom. The fourth-order valence-corrected chi connectivity index (χ4v) is 1.99. The molecule has 2 N–H and O–H groups in total. The lowest BCUT2D eigenvalue weighted by Gasteiger charge is -2.18. The summed E-state index contributed by atoms with van der Waals surface area (Å²) in [7, 11) is 0. The maximum absolute atomic E-state index is 11.8. The maximum Gasteiger partial charge on any atom is 0.409 e. The molecule has 0 aromatic carbocycles. The number of nitrogen functional groups attached to an aromatic ring is 1. The minimum Gasteiger partial charge on any atom is -0.710 e. The molecule has 98 valence electrons. The molecule has 0 bridgehead atoms. The van der Waals surface area contributed by atoms with Gasteiger partial charge in [0, 0.05) is 25.9 Å². The van der Waals surface area contributed by atoms with Gasteiger partial charge in [0.15, 0.2) is 0 Å². The van der Waals surface area contributed by atoms with Gasteiger partial charge in [-0.05, 0) is 6.92 Å². The van der Waals surface area contributed by atoms with Gasteiger partial charge in [-0.3, -0.25) is 5.73 Å². The molecule has 1 amide bonds. The summed E-state index contributed by atoms with van der Waals surface area (Å²) >= 11 is 0. The highest BCUT2D eigenvalue weighted by Crippen LogP contribution is 2.12. The number of carbonyl (C=O) groups is 1. The number of hydrogen-bond acceptors (Lipinski definition) is 5. The van der Waals surface area contributed by atoms with Crippen molar-refractivity contribution in [3.05, 3.63) is 22.8 Å². The Balaban J connectivity index is 2.17. The normalized spacial score (nSPS) is 14.8. The molecule has 0 fully saturated rings. The molecule has 0 atom stereocenters. The molecule has 2 rings (SSSR count). The molecule has 0 saturated carbocycles. The van der Waals surface area contributed by atoms with Gasteiger partial charge >= 0.3 is 6.09 Å². The van der Waals surface area contributed by atoms with E-state index in [1.54, 1.807) is 11.8 Å². The van der Waals surface area contributed by atoms with Crippen molar-refractivity contribution in [2.45, 2.75) is 19.8 Å². The summed E-state index contributed by atoms with van der Waals surface area (Å²) in [5, 5.41) is 11.8. The van der Waals surface area contributed by atoms with Crippen molar-refractivity contribution < 1.29 is 14.3 Å². The van der Waals surface area contributed by atoms with Gasteiger partial charge in [0.1, 0.15) is 11.9 Å². The lowest BCUT2D eigenvalue weighted by molar-refractivity contribution is -0.599. The van der Waals surface area contributed by atoms with Crippen LogP contribution >= 0.6 is 0 Å².